The summed E-state index contributed by atoms with van der Waals surface area (Å²) in [7, 11) is 0. The van der Waals surface area contributed by atoms with E-state index in [1.807, 2.05) is 0 Å². The van der Waals surface area contributed by atoms with Gasteiger partial charge in [-0.3, -0.25) is 4.79 Å². The van der Waals surface area contributed by atoms with Crippen LogP contribution in [0.5, 0.6) is 23.0 Å². The molecule has 0 atom stereocenters. The molecule has 1 aromatic heterocycles. The van der Waals surface area contributed by atoms with Crippen LogP contribution in [-0.2, 0) is 12.8 Å². The fraction of sp³-hybridized carbons (Fsp3) is 0.160. The number of hydrogen-bond acceptors (Lipinski definition) is 5. The number of ether oxygens (including phenoxy) is 3. The van der Waals surface area contributed by atoms with Crippen molar-refractivity contribution >= 4 is 22.6 Å². The van der Waals surface area contributed by atoms with E-state index in [4.69, 9.17) is 30.2 Å². The van der Waals surface area contributed by atoms with Crippen molar-refractivity contribution in [3.63, 3.8) is 0 Å². The molecule has 0 amide bonds. The molecule has 4 aromatic rings. The topological polar surface area (TPSA) is 57.9 Å². The van der Waals surface area contributed by atoms with Crippen molar-refractivity contribution < 1.29 is 31.8 Å². The fourth-order valence-electron chi connectivity index (χ4n) is 3.24. The van der Waals surface area contributed by atoms with Crippen LogP contribution in [0.2, 0.25) is 5.02 Å². The number of alkyl halides is 3. The summed E-state index contributed by atoms with van der Waals surface area (Å²) in [5, 5.41) is 0.436. The number of para-hydroxylation sites is 2. The third-order valence-electron chi connectivity index (χ3n) is 4.74. The maximum absolute atomic E-state index is 13.8. The lowest BCUT2D eigenvalue weighted by molar-refractivity contribution is -0.154. The monoisotopic (exact) mass is 490 g/mol. The summed E-state index contributed by atoms with van der Waals surface area (Å²) in [6.45, 7) is 2.10. The Hall–Kier alpha value is -3.65. The second-order valence-electron chi connectivity index (χ2n) is 7.15. The minimum Gasteiger partial charge on any atom is -0.490 e. The van der Waals surface area contributed by atoms with Gasteiger partial charge >= 0.3 is 6.18 Å². The number of halogens is 4. The molecule has 0 radical (unpaired) electrons. The Morgan fingerprint density at radius 3 is 2.41 bits per heavy atom. The van der Waals surface area contributed by atoms with E-state index in [9.17, 15) is 18.0 Å². The molecule has 0 aliphatic carbocycles. The first-order chi connectivity index (χ1) is 16.3. The molecule has 0 aliphatic heterocycles. The van der Waals surface area contributed by atoms with E-state index in [0.717, 1.165) is 5.56 Å². The van der Waals surface area contributed by atoms with Gasteiger partial charge in [-0.1, -0.05) is 35.9 Å². The summed E-state index contributed by atoms with van der Waals surface area (Å²) in [6.07, 6.45) is -4.99. The molecule has 4 rings (SSSR count). The summed E-state index contributed by atoms with van der Waals surface area (Å²) in [6, 6.07) is 17.1. The second kappa shape index (κ2) is 9.69. The van der Waals surface area contributed by atoms with Crippen LogP contribution < -0.4 is 19.6 Å². The number of benzene rings is 3. The molecule has 0 fully saturated rings. The molecule has 0 N–H and O–H groups in total. The van der Waals surface area contributed by atoms with Crippen LogP contribution in [0.1, 0.15) is 18.2 Å². The highest BCUT2D eigenvalue weighted by molar-refractivity contribution is 6.30. The Kier molecular flexibility index (Phi) is 6.70. The van der Waals surface area contributed by atoms with E-state index >= 15 is 0 Å². The average Bonchev–Trinajstić information content (AvgIpc) is 2.80. The van der Waals surface area contributed by atoms with E-state index in [1.165, 1.54) is 30.3 Å². The van der Waals surface area contributed by atoms with Crippen molar-refractivity contribution in [3.8, 4) is 23.0 Å². The molecular weight excluding hydrogens is 473 g/mol. The first-order valence-electron chi connectivity index (χ1n) is 10.2. The van der Waals surface area contributed by atoms with Crippen molar-refractivity contribution in [2.24, 2.45) is 0 Å². The normalized spacial score (nSPS) is 11.4. The van der Waals surface area contributed by atoms with Gasteiger partial charge in [0.25, 0.3) is 5.76 Å². The van der Waals surface area contributed by atoms with Crippen LogP contribution in [0.15, 0.2) is 75.9 Å². The summed E-state index contributed by atoms with van der Waals surface area (Å²) in [4.78, 5) is 13.0. The molecule has 0 saturated heterocycles. The lowest BCUT2D eigenvalue weighted by Gasteiger charge is -2.15. The summed E-state index contributed by atoms with van der Waals surface area (Å²) in [5.74, 6) is -2.15. The molecular formula is C25H18ClF3O5. The lowest BCUT2D eigenvalue weighted by Crippen LogP contribution is -2.15. The Labute approximate surface area is 197 Å². The SMILES string of the molecule is CCOc1ccccc1Oc1c(C(F)(F)F)oc2cc(OCc3cccc(Cl)c3)ccc2c1=O. The zero-order valence-electron chi connectivity index (χ0n) is 17.8. The zero-order chi connectivity index (χ0) is 24.3. The van der Waals surface area contributed by atoms with Crippen LogP contribution in [0.4, 0.5) is 13.2 Å². The van der Waals surface area contributed by atoms with E-state index in [2.05, 4.69) is 0 Å². The number of hydrogen-bond donors (Lipinski definition) is 0. The van der Waals surface area contributed by atoms with Gasteiger partial charge in [0.1, 0.15) is 17.9 Å². The average molecular weight is 491 g/mol. The van der Waals surface area contributed by atoms with E-state index in [1.54, 1.807) is 43.3 Å². The Morgan fingerprint density at radius 2 is 1.71 bits per heavy atom. The summed E-state index contributed by atoms with van der Waals surface area (Å²) >= 11 is 5.95. The molecule has 0 spiro atoms. The summed E-state index contributed by atoms with van der Waals surface area (Å²) in [5.41, 5.74) is -0.491. The molecule has 3 aromatic carbocycles. The molecule has 34 heavy (non-hydrogen) atoms. The van der Waals surface area contributed by atoms with Crippen LogP contribution in [0, 0.1) is 0 Å². The van der Waals surface area contributed by atoms with Crippen molar-refractivity contribution in [2.45, 2.75) is 19.7 Å². The number of fused-ring (bicyclic) bond motifs is 1. The van der Waals surface area contributed by atoms with Crippen molar-refractivity contribution in [3.05, 3.63) is 93.3 Å². The second-order valence-corrected chi connectivity index (χ2v) is 7.58. The highest BCUT2D eigenvalue weighted by Crippen LogP contribution is 2.40. The van der Waals surface area contributed by atoms with Crippen molar-refractivity contribution in [2.75, 3.05) is 6.61 Å². The van der Waals surface area contributed by atoms with Gasteiger partial charge in [-0.2, -0.15) is 13.2 Å². The molecule has 1 heterocycles. The van der Waals surface area contributed by atoms with Crippen molar-refractivity contribution in [1.29, 1.82) is 0 Å². The minimum atomic E-state index is -4.99. The molecule has 9 heteroatoms. The third-order valence-corrected chi connectivity index (χ3v) is 4.97. The minimum absolute atomic E-state index is 0.0389. The predicted octanol–water partition coefficient (Wildman–Crippen LogP) is 7.24. The Balaban J connectivity index is 1.73. The van der Waals surface area contributed by atoms with Crippen LogP contribution in [-0.4, -0.2) is 6.61 Å². The third kappa shape index (κ3) is 5.12. The largest absolute Gasteiger partial charge is 0.490 e. The van der Waals surface area contributed by atoms with Gasteiger partial charge < -0.3 is 18.6 Å². The quantitative estimate of drug-likeness (QED) is 0.273. The standard InChI is InChI=1S/C25H18ClF3O5/c1-2-31-19-8-3-4-9-20(19)33-23-22(30)18-11-10-17(13-21(18)34-24(23)25(27,28)29)32-14-15-6-5-7-16(26)12-15/h3-13H,2,14H2,1H3. The van der Waals surface area contributed by atoms with Gasteiger partial charge in [-0.25, -0.2) is 0 Å². The predicted molar refractivity (Wildman–Crippen MR) is 121 cm³/mol. The van der Waals surface area contributed by atoms with Gasteiger partial charge in [0.2, 0.25) is 11.2 Å². The molecule has 5 nitrogen and oxygen atoms in total. The lowest BCUT2D eigenvalue weighted by atomic mass is 10.2. The Bertz CT molecular complexity index is 1380. The van der Waals surface area contributed by atoms with Gasteiger partial charge in [0.15, 0.2) is 11.5 Å². The first kappa shape index (κ1) is 23.5. The first-order valence-corrected chi connectivity index (χ1v) is 10.6. The molecule has 0 unspecified atom stereocenters. The Morgan fingerprint density at radius 1 is 0.941 bits per heavy atom. The van der Waals surface area contributed by atoms with Gasteiger partial charge in [-0.05, 0) is 48.9 Å². The van der Waals surface area contributed by atoms with Crippen LogP contribution >= 0.6 is 11.6 Å². The molecule has 0 aliphatic rings. The smallest absolute Gasteiger partial charge is 0.453 e. The van der Waals surface area contributed by atoms with Crippen LogP contribution in [0.3, 0.4) is 0 Å². The molecule has 0 saturated carbocycles. The summed E-state index contributed by atoms with van der Waals surface area (Å²) < 4.78 is 63.0. The number of rotatable bonds is 7. The van der Waals surface area contributed by atoms with E-state index in [-0.39, 0.29) is 41.4 Å². The van der Waals surface area contributed by atoms with Crippen molar-refractivity contribution in [1.82, 2.24) is 0 Å². The van der Waals surface area contributed by atoms with Gasteiger partial charge in [0, 0.05) is 11.1 Å². The van der Waals surface area contributed by atoms with E-state index in [0.29, 0.717) is 5.02 Å². The maximum atomic E-state index is 13.8. The zero-order valence-corrected chi connectivity index (χ0v) is 18.6. The molecule has 176 valence electrons. The fourth-order valence-corrected chi connectivity index (χ4v) is 3.45. The maximum Gasteiger partial charge on any atom is 0.453 e. The highest BCUT2D eigenvalue weighted by atomic mass is 35.5. The van der Waals surface area contributed by atoms with E-state index < -0.39 is 23.1 Å². The van der Waals surface area contributed by atoms with Gasteiger partial charge in [-0.15, -0.1) is 0 Å². The highest BCUT2D eigenvalue weighted by Gasteiger charge is 2.40. The van der Waals surface area contributed by atoms with Crippen LogP contribution in [0.25, 0.3) is 11.0 Å². The molecule has 0 bridgehead atoms. The van der Waals surface area contributed by atoms with Gasteiger partial charge in [0.05, 0.1) is 12.0 Å².